The standard InChI is InChI=1S/C6H13F2N.ClH/c1-5(2,4-9)6(3,7)8;/h4,9H2,1-3H3;1H. The fourth-order valence-corrected chi connectivity index (χ4v) is 0.179. The second-order valence-electron chi connectivity index (χ2n) is 2.98. The molecule has 0 amide bonds. The van der Waals surface area contributed by atoms with Crippen molar-refractivity contribution in [2.75, 3.05) is 6.54 Å². The minimum Gasteiger partial charge on any atom is -0.330 e. The van der Waals surface area contributed by atoms with Gasteiger partial charge < -0.3 is 5.73 Å². The summed E-state index contributed by atoms with van der Waals surface area (Å²) in [5, 5.41) is 0. The van der Waals surface area contributed by atoms with E-state index in [1.807, 2.05) is 0 Å². The van der Waals surface area contributed by atoms with Gasteiger partial charge in [-0.3, -0.25) is 0 Å². The van der Waals surface area contributed by atoms with Crippen molar-refractivity contribution in [3.8, 4) is 0 Å². The van der Waals surface area contributed by atoms with E-state index < -0.39 is 11.3 Å². The van der Waals surface area contributed by atoms with Gasteiger partial charge in [0.2, 0.25) is 0 Å². The smallest absolute Gasteiger partial charge is 0.251 e. The third-order valence-corrected chi connectivity index (χ3v) is 1.70. The van der Waals surface area contributed by atoms with Gasteiger partial charge in [-0.1, -0.05) is 13.8 Å². The van der Waals surface area contributed by atoms with Gasteiger partial charge in [0.05, 0.1) is 0 Å². The number of rotatable bonds is 2. The van der Waals surface area contributed by atoms with E-state index in [0.717, 1.165) is 6.92 Å². The van der Waals surface area contributed by atoms with Crippen LogP contribution in [0.4, 0.5) is 8.78 Å². The minimum absolute atomic E-state index is 0. The van der Waals surface area contributed by atoms with E-state index in [1.165, 1.54) is 13.8 Å². The molecule has 0 heterocycles. The zero-order valence-electron chi connectivity index (χ0n) is 6.45. The van der Waals surface area contributed by atoms with Crippen LogP contribution in [0.25, 0.3) is 0 Å². The summed E-state index contributed by atoms with van der Waals surface area (Å²) in [5.74, 6) is -2.68. The second kappa shape index (κ2) is 3.49. The lowest BCUT2D eigenvalue weighted by Crippen LogP contribution is -2.39. The zero-order chi connectivity index (χ0) is 7.71. The van der Waals surface area contributed by atoms with Crippen LogP contribution in [0.3, 0.4) is 0 Å². The Kier molecular flexibility index (Phi) is 4.45. The molecule has 0 aromatic heterocycles. The predicted octanol–water partition coefficient (Wildman–Crippen LogP) is 2.05. The summed E-state index contributed by atoms with van der Waals surface area (Å²) < 4.78 is 24.8. The molecule has 64 valence electrons. The van der Waals surface area contributed by atoms with Crippen LogP contribution in [0, 0.1) is 5.41 Å². The van der Waals surface area contributed by atoms with Gasteiger partial charge in [0, 0.05) is 12.0 Å². The van der Waals surface area contributed by atoms with E-state index in [0.29, 0.717) is 0 Å². The zero-order valence-corrected chi connectivity index (χ0v) is 7.27. The van der Waals surface area contributed by atoms with Crippen LogP contribution in [0.15, 0.2) is 0 Å². The average Bonchev–Trinajstić information content (AvgIpc) is 1.64. The van der Waals surface area contributed by atoms with Crippen molar-refractivity contribution in [1.82, 2.24) is 0 Å². The largest absolute Gasteiger partial charge is 0.330 e. The SMILES string of the molecule is CC(F)(F)C(C)(C)CN.Cl. The molecule has 0 rings (SSSR count). The number of halogens is 3. The van der Waals surface area contributed by atoms with Gasteiger partial charge in [0.15, 0.2) is 0 Å². The van der Waals surface area contributed by atoms with Crippen molar-refractivity contribution in [3.63, 3.8) is 0 Å². The molecule has 0 aromatic rings. The molecule has 0 aliphatic rings. The first-order chi connectivity index (χ1) is 3.81. The Balaban J connectivity index is 0. The van der Waals surface area contributed by atoms with Crippen LogP contribution >= 0.6 is 12.4 Å². The molecular formula is C6H14ClF2N. The fraction of sp³-hybridized carbons (Fsp3) is 1.00. The quantitative estimate of drug-likeness (QED) is 0.680. The highest BCUT2D eigenvalue weighted by atomic mass is 35.5. The highest BCUT2D eigenvalue weighted by Crippen LogP contribution is 2.33. The summed E-state index contributed by atoms with van der Waals surface area (Å²) in [6.45, 7) is 3.80. The van der Waals surface area contributed by atoms with Gasteiger partial charge >= 0.3 is 0 Å². The van der Waals surface area contributed by atoms with Gasteiger partial charge in [-0.2, -0.15) is 0 Å². The number of alkyl halides is 2. The predicted molar refractivity (Wildman–Crippen MR) is 40.7 cm³/mol. The Morgan fingerprint density at radius 3 is 1.50 bits per heavy atom. The van der Waals surface area contributed by atoms with Crippen LogP contribution in [0.5, 0.6) is 0 Å². The van der Waals surface area contributed by atoms with Crippen LogP contribution < -0.4 is 5.73 Å². The molecule has 0 aliphatic carbocycles. The lowest BCUT2D eigenvalue weighted by molar-refractivity contribution is -0.0831. The Bertz CT molecular complexity index is 98.4. The highest BCUT2D eigenvalue weighted by molar-refractivity contribution is 5.85. The van der Waals surface area contributed by atoms with Gasteiger partial charge in [-0.05, 0) is 6.92 Å². The summed E-state index contributed by atoms with van der Waals surface area (Å²) in [5.41, 5.74) is 4.04. The minimum atomic E-state index is -2.68. The van der Waals surface area contributed by atoms with Crippen LogP contribution in [-0.2, 0) is 0 Å². The average molecular weight is 174 g/mol. The van der Waals surface area contributed by atoms with Crippen molar-refractivity contribution in [3.05, 3.63) is 0 Å². The maximum absolute atomic E-state index is 12.4. The first kappa shape index (κ1) is 12.8. The van der Waals surface area contributed by atoms with Crippen molar-refractivity contribution < 1.29 is 8.78 Å². The molecule has 0 spiro atoms. The molecule has 0 fully saturated rings. The molecule has 0 saturated heterocycles. The third-order valence-electron chi connectivity index (χ3n) is 1.70. The summed E-state index contributed by atoms with van der Waals surface area (Å²) in [7, 11) is 0. The molecular weight excluding hydrogens is 160 g/mol. The third kappa shape index (κ3) is 2.80. The van der Waals surface area contributed by atoms with Crippen LogP contribution in [-0.4, -0.2) is 12.5 Å². The van der Waals surface area contributed by atoms with Crippen LogP contribution in [0.1, 0.15) is 20.8 Å². The Morgan fingerprint density at radius 2 is 1.50 bits per heavy atom. The number of nitrogens with two attached hydrogens (primary N) is 1. The van der Waals surface area contributed by atoms with Crippen molar-refractivity contribution in [2.24, 2.45) is 11.1 Å². The maximum Gasteiger partial charge on any atom is 0.251 e. The van der Waals surface area contributed by atoms with E-state index >= 15 is 0 Å². The summed E-state index contributed by atoms with van der Waals surface area (Å²) >= 11 is 0. The number of hydrogen-bond acceptors (Lipinski definition) is 1. The molecule has 0 aliphatic heterocycles. The Morgan fingerprint density at radius 1 is 1.20 bits per heavy atom. The topological polar surface area (TPSA) is 26.0 Å². The van der Waals surface area contributed by atoms with E-state index in [1.54, 1.807) is 0 Å². The molecule has 0 unspecified atom stereocenters. The van der Waals surface area contributed by atoms with Gasteiger partial charge in [-0.15, -0.1) is 12.4 Å². The lowest BCUT2D eigenvalue weighted by atomic mass is 9.87. The first-order valence-corrected chi connectivity index (χ1v) is 2.89. The molecule has 4 heteroatoms. The van der Waals surface area contributed by atoms with E-state index in [2.05, 4.69) is 0 Å². The lowest BCUT2D eigenvalue weighted by Gasteiger charge is -2.29. The molecule has 0 bridgehead atoms. The normalized spacial score (nSPS) is 12.6. The molecule has 2 N–H and O–H groups in total. The summed E-state index contributed by atoms with van der Waals surface area (Å²) in [6, 6.07) is 0. The molecule has 0 atom stereocenters. The number of hydrogen-bond donors (Lipinski definition) is 1. The Labute approximate surface area is 66.4 Å². The summed E-state index contributed by atoms with van der Waals surface area (Å²) in [4.78, 5) is 0. The van der Waals surface area contributed by atoms with Crippen molar-refractivity contribution >= 4 is 12.4 Å². The van der Waals surface area contributed by atoms with Crippen molar-refractivity contribution in [2.45, 2.75) is 26.7 Å². The van der Waals surface area contributed by atoms with Gasteiger partial charge in [0.1, 0.15) is 0 Å². The molecule has 0 radical (unpaired) electrons. The molecule has 0 aromatic carbocycles. The maximum atomic E-state index is 12.4. The second-order valence-corrected chi connectivity index (χ2v) is 2.98. The monoisotopic (exact) mass is 173 g/mol. The van der Waals surface area contributed by atoms with E-state index in [4.69, 9.17) is 5.73 Å². The summed E-state index contributed by atoms with van der Waals surface area (Å²) in [6.07, 6.45) is 0. The molecule has 1 nitrogen and oxygen atoms in total. The Hall–Kier alpha value is 0.110. The fourth-order valence-electron chi connectivity index (χ4n) is 0.179. The molecule has 0 saturated carbocycles. The first-order valence-electron chi connectivity index (χ1n) is 2.89. The van der Waals surface area contributed by atoms with Gasteiger partial charge in [-0.25, -0.2) is 8.78 Å². The van der Waals surface area contributed by atoms with Crippen LogP contribution in [0.2, 0.25) is 0 Å². The highest BCUT2D eigenvalue weighted by Gasteiger charge is 2.40. The van der Waals surface area contributed by atoms with E-state index in [-0.39, 0.29) is 19.0 Å². The van der Waals surface area contributed by atoms with E-state index in [9.17, 15) is 8.78 Å². The molecule has 10 heavy (non-hydrogen) atoms. The van der Waals surface area contributed by atoms with Crippen molar-refractivity contribution in [1.29, 1.82) is 0 Å². The van der Waals surface area contributed by atoms with Gasteiger partial charge in [0.25, 0.3) is 5.92 Å².